The van der Waals surface area contributed by atoms with Gasteiger partial charge in [-0.15, -0.1) is 0 Å². The van der Waals surface area contributed by atoms with Crippen molar-refractivity contribution in [1.29, 1.82) is 0 Å². The summed E-state index contributed by atoms with van der Waals surface area (Å²) < 4.78 is 0. The molecule has 0 N–H and O–H groups in total. The van der Waals surface area contributed by atoms with Gasteiger partial charge in [0.2, 0.25) is 0 Å². The van der Waals surface area contributed by atoms with Crippen molar-refractivity contribution in [1.82, 2.24) is 0 Å². The molecule has 3 heteroatoms. The number of carbonyl (C=O) groups excluding carboxylic acids is 2. The molecular weight excluding hydrogens is 229 g/mol. The second-order valence-corrected chi connectivity index (χ2v) is 3.02. The second-order valence-electron chi connectivity index (χ2n) is 3.02. The number of hydrogen-bond acceptors (Lipinski definition) is 2. The van der Waals surface area contributed by atoms with Gasteiger partial charge in [-0.1, -0.05) is 13.8 Å². The Morgan fingerprint density at radius 3 is 2.00 bits per heavy atom. The van der Waals surface area contributed by atoms with Gasteiger partial charge in [-0.3, -0.25) is 9.59 Å². The van der Waals surface area contributed by atoms with Gasteiger partial charge in [-0.25, -0.2) is 0 Å². The van der Waals surface area contributed by atoms with Crippen molar-refractivity contribution in [3.05, 3.63) is 0 Å². The van der Waals surface area contributed by atoms with Gasteiger partial charge >= 0.3 is 0 Å². The maximum atomic E-state index is 10.8. The molecule has 0 unspecified atom stereocenters. The summed E-state index contributed by atoms with van der Waals surface area (Å²) >= 11 is 0. The van der Waals surface area contributed by atoms with Crippen molar-refractivity contribution >= 4 is 11.6 Å². The SMILES string of the molecule is CC(=O)CC(=O)CC(C)C.[Ru]. The van der Waals surface area contributed by atoms with Crippen LogP contribution in [0.3, 0.4) is 0 Å². The molecule has 2 nitrogen and oxygen atoms in total. The number of rotatable bonds is 4. The molecule has 0 amide bonds. The van der Waals surface area contributed by atoms with Crippen molar-refractivity contribution in [2.45, 2.75) is 33.6 Å². The van der Waals surface area contributed by atoms with Crippen LogP contribution in [0.25, 0.3) is 0 Å². The van der Waals surface area contributed by atoms with Crippen molar-refractivity contribution in [2.24, 2.45) is 5.92 Å². The Kier molecular flexibility index (Phi) is 8.20. The van der Waals surface area contributed by atoms with Crippen LogP contribution in [0.1, 0.15) is 33.6 Å². The molecule has 0 saturated carbocycles. The van der Waals surface area contributed by atoms with Crippen LogP contribution in [0.5, 0.6) is 0 Å². The summed E-state index contributed by atoms with van der Waals surface area (Å²) in [4.78, 5) is 21.3. The molecule has 0 aromatic rings. The molecule has 0 aromatic heterocycles. The summed E-state index contributed by atoms with van der Waals surface area (Å²) in [5.41, 5.74) is 0. The molecule has 0 atom stereocenters. The van der Waals surface area contributed by atoms with E-state index in [0.717, 1.165) is 0 Å². The van der Waals surface area contributed by atoms with Crippen LogP contribution >= 0.6 is 0 Å². The zero-order valence-corrected chi connectivity index (χ0v) is 8.90. The third-order valence-electron chi connectivity index (χ3n) is 1.08. The largest absolute Gasteiger partial charge is 0.300 e. The number of carbonyl (C=O) groups is 2. The van der Waals surface area contributed by atoms with Crippen molar-refractivity contribution < 1.29 is 29.1 Å². The molecule has 0 aliphatic rings. The smallest absolute Gasteiger partial charge is 0.140 e. The first-order valence-electron chi connectivity index (χ1n) is 3.53. The van der Waals surface area contributed by atoms with E-state index >= 15 is 0 Å². The molecule has 0 aromatic carbocycles. The molecule has 0 saturated heterocycles. The van der Waals surface area contributed by atoms with Gasteiger partial charge in [-0.2, -0.15) is 0 Å². The van der Waals surface area contributed by atoms with Gasteiger partial charge in [0.05, 0.1) is 6.42 Å². The van der Waals surface area contributed by atoms with E-state index in [1.54, 1.807) is 0 Å². The Morgan fingerprint density at radius 2 is 1.73 bits per heavy atom. The normalized spacial score (nSPS) is 9.09. The van der Waals surface area contributed by atoms with E-state index in [0.29, 0.717) is 12.3 Å². The molecule has 0 aliphatic heterocycles. The number of Topliss-reactive ketones (excluding diaryl/α,β-unsaturated/α-hetero) is 2. The average Bonchev–Trinajstić information content (AvgIpc) is 1.58. The Hall–Kier alpha value is -0.0366. The molecule has 0 fully saturated rings. The van der Waals surface area contributed by atoms with Crippen LogP contribution in [0.2, 0.25) is 0 Å². The molecular formula is C8H14O2Ru. The molecule has 66 valence electrons. The van der Waals surface area contributed by atoms with Crippen molar-refractivity contribution in [2.75, 3.05) is 0 Å². The quantitative estimate of drug-likeness (QED) is 0.555. The first-order valence-corrected chi connectivity index (χ1v) is 3.53. The molecule has 0 heterocycles. The van der Waals surface area contributed by atoms with E-state index in [1.165, 1.54) is 6.92 Å². The Labute approximate surface area is 80.5 Å². The fourth-order valence-corrected chi connectivity index (χ4v) is 0.805. The van der Waals surface area contributed by atoms with Gasteiger partial charge in [-0.05, 0) is 12.8 Å². The van der Waals surface area contributed by atoms with E-state index in [-0.39, 0.29) is 37.5 Å². The summed E-state index contributed by atoms with van der Waals surface area (Å²) in [6.07, 6.45) is 0.637. The number of ketones is 2. The average molecular weight is 243 g/mol. The number of hydrogen-bond donors (Lipinski definition) is 0. The standard InChI is InChI=1S/C8H14O2.Ru/c1-6(2)4-8(10)5-7(3)9;/h6H,4-5H2,1-3H3;. The van der Waals surface area contributed by atoms with Gasteiger partial charge in [0.1, 0.15) is 11.6 Å². The van der Waals surface area contributed by atoms with E-state index in [2.05, 4.69) is 0 Å². The summed E-state index contributed by atoms with van der Waals surface area (Å²) in [6.45, 7) is 5.38. The molecule has 0 spiro atoms. The third kappa shape index (κ3) is 9.96. The van der Waals surface area contributed by atoms with Crippen LogP contribution in [-0.2, 0) is 29.1 Å². The minimum Gasteiger partial charge on any atom is -0.300 e. The van der Waals surface area contributed by atoms with E-state index < -0.39 is 0 Å². The monoisotopic (exact) mass is 244 g/mol. The molecule has 11 heavy (non-hydrogen) atoms. The maximum absolute atomic E-state index is 10.8. The van der Waals surface area contributed by atoms with Crippen LogP contribution < -0.4 is 0 Å². The zero-order chi connectivity index (χ0) is 8.15. The van der Waals surface area contributed by atoms with Crippen molar-refractivity contribution in [3.8, 4) is 0 Å². The molecule has 0 bridgehead atoms. The van der Waals surface area contributed by atoms with Gasteiger partial charge < -0.3 is 0 Å². The summed E-state index contributed by atoms with van der Waals surface area (Å²) in [6, 6.07) is 0. The van der Waals surface area contributed by atoms with Crippen LogP contribution in [0, 0.1) is 5.92 Å². The minimum atomic E-state index is -0.0364. The third-order valence-corrected chi connectivity index (χ3v) is 1.08. The first kappa shape index (κ1) is 13.5. The predicted octanol–water partition coefficient (Wildman–Crippen LogP) is 1.58. The van der Waals surface area contributed by atoms with Gasteiger partial charge in [0.25, 0.3) is 0 Å². The van der Waals surface area contributed by atoms with Crippen molar-refractivity contribution in [3.63, 3.8) is 0 Å². The van der Waals surface area contributed by atoms with E-state index in [9.17, 15) is 9.59 Å². The van der Waals surface area contributed by atoms with Crippen LogP contribution in [0.15, 0.2) is 0 Å². The van der Waals surface area contributed by atoms with E-state index in [4.69, 9.17) is 0 Å². The maximum Gasteiger partial charge on any atom is 0.140 e. The predicted molar refractivity (Wildman–Crippen MR) is 39.8 cm³/mol. The molecule has 0 radical (unpaired) electrons. The van der Waals surface area contributed by atoms with Crippen LogP contribution in [0.4, 0.5) is 0 Å². The fraction of sp³-hybridized carbons (Fsp3) is 0.750. The Morgan fingerprint density at radius 1 is 1.27 bits per heavy atom. The summed E-state index contributed by atoms with van der Waals surface area (Å²) in [7, 11) is 0. The topological polar surface area (TPSA) is 34.1 Å². The van der Waals surface area contributed by atoms with Gasteiger partial charge in [0.15, 0.2) is 0 Å². The fourth-order valence-electron chi connectivity index (χ4n) is 0.805. The molecule has 0 rings (SSSR count). The van der Waals surface area contributed by atoms with E-state index in [1.807, 2.05) is 13.8 Å². The second kappa shape index (κ2) is 6.66. The van der Waals surface area contributed by atoms with Gasteiger partial charge in [0, 0.05) is 25.9 Å². The zero-order valence-electron chi connectivity index (χ0n) is 7.16. The summed E-state index contributed by atoms with van der Waals surface area (Å²) in [5.74, 6) is 0.389. The van der Waals surface area contributed by atoms with Crippen LogP contribution in [-0.4, -0.2) is 11.6 Å². The Bertz CT molecular complexity index is 141. The minimum absolute atomic E-state index is 0. The molecule has 0 aliphatic carbocycles. The Balaban J connectivity index is 0. The first-order chi connectivity index (χ1) is 4.52. The summed E-state index contributed by atoms with van der Waals surface area (Å²) in [5, 5.41) is 0.